The highest BCUT2D eigenvalue weighted by Crippen LogP contribution is 2.25. The fraction of sp³-hybridized carbons (Fsp3) is 0.389. The molecule has 1 rings (SSSR count). The van der Waals surface area contributed by atoms with E-state index in [1.807, 2.05) is 24.3 Å². The number of hydrogen-bond donors (Lipinski definition) is 0. The van der Waals surface area contributed by atoms with Crippen molar-refractivity contribution < 1.29 is 19.0 Å². The summed E-state index contributed by atoms with van der Waals surface area (Å²) in [4.78, 5) is 11.2. The maximum Gasteiger partial charge on any atom is 0.319 e. The van der Waals surface area contributed by atoms with Crippen molar-refractivity contribution in [3.63, 3.8) is 0 Å². The monoisotopic (exact) mass is 302 g/mol. The lowest BCUT2D eigenvalue weighted by Gasteiger charge is -2.13. The molecule has 22 heavy (non-hydrogen) atoms. The number of rotatable bonds is 9. The van der Waals surface area contributed by atoms with E-state index in [9.17, 15) is 4.79 Å². The van der Waals surface area contributed by atoms with Crippen molar-refractivity contribution >= 4 is 12.0 Å². The first-order chi connectivity index (χ1) is 10.6. The van der Waals surface area contributed by atoms with Crippen molar-refractivity contribution in [3.8, 4) is 24.0 Å². The molecule has 0 saturated carbocycles. The zero-order chi connectivity index (χ0) is 16.4. The van der Waals surface area contributed by atoms with Crippen LogP contribution in [-0.2, 0) is 9.53 Å². The second-order valence-corrected chi connectivity index (χ2v) is 4.98. The van der Waals surface area contributed by atoms with Gasteiger partial charge in [-0.1, -0.05) is 26.0 Å². The summed E-state index contributed by atoms with van der Waals surface area (Å²) in [6.07, 6.45) is 10.4. The van der Waals surface area contributed by atoms with Crippen molar-refractivity contribution in [1.29, 1.82) is 0 Å². The quantitative estimate of drug-likeness (QED) is 0.516. The fourth-order valence-electron chi connectivity index (χ4n) is 1.94. The molecule has 1 aromatic rings. The number of terminal acetylenes is 1. The molecule has 0 aliphatic carbocycles. The average Bonchev–Trinajstić information content (AvgIpc) is 2.53. The summed E-state index contributed by atoms with van der Waals surface area (Å²) in [5, 5.41) is 0. The van der Waals surface area contributed by atoms with Crippen LogP contribution < -0.4 is 9.47 Å². The molecule has 0 aliphatic rings. The molecule has 1 atom stereocenters. The van der Waals surface area contributed by atoms with Crippen molar-refractivity contribution in [3.05, 3.63) is 30.3 Å². The Morgan fingerprint density at radius 1 is 1.45 bits per heavy atom. The lowest BCUT2D eigenvalue weighted by Crippen LogP contribution is -2.08. The molecule has 0 fully saturated rings. The van der Waals surface area contributed by atoms with E-state index in [0.717, 1.165) is 29.9 Å². The molecular weight excluding hydrogens is 280 g/mol. The van der Waals surface area contributed by atoms with E-state index in [2.05, 4.69) is 18.2 Å². The van der Waals surface area contributed by atoms with Crippen LogP contribution in [0.3, 0.4) is 0 Å². The second-order valence-electron chi connectivity index (χ2n) is 4.98. The van der Waals surface area contributed by atoms with Gasteiger partial charge in [0.25, 0.3) is 0 Å². The van der Waals surface area contributed by atoms with Crippen molar-refractivity contribution in [2.45, 2.75) is 26.2 Å². The Morgan fingerprint density at radius 3 is 2.86 bits per heavy atom. The zero-order valence-electron chi connectivity index (χ0n) is 13.1. The summed E-state index contributed by atoms with van der Waals surface area (Å²) >= 11 is 0. The molecule has 0 saturated heterocycles. The minimum absolute atomic E-state index is 0.325. The highest BCUT2D eigenvalue weighted by molar-refractivity contribution is 5.70. The molecule has 4 nitrogen and oxygen atoms in total. The molecule has 0 aromatic heterocycles. The number of carbonyl (C=O) groups excluding carboxylic acids is 1. The van der Waals surface area contributed by atoms with Crippen molar-refractivity contribution in [2.24, 2.45) is 5.92 Å². The summed E-state index contributed by atoms with van der Waals surface area (Å²) in [5.74, 6) is 1.52. The maximum absolute atomic E-state index is 11.2. The van der Waals surface area contributed by atoms with Gasteiger partial charge in [0.1, 0.15) is 17.6 Å². The Hall–Kier alpha value is -2.41. The molecular formula is C18H22O4. The Morgan fingerprint density at radius 2 is 2.23 bits per heavy atom. The van der Waals surface area contributed by atoms with Gasteiger partial charge in [0.05, 0.1) is 13.7 Å². The van der Waals surface area contributed by atoms with Crippen LogP contribution in [-0.4, -0.2) is 19.7 Å². The molecule has 118 valence electrons. The van der Waals surface area contributed by atoms with Gasteiger partial charge in [0.2, 0.25) is 0 Å². The number of carbonyl (C=O) groups is 1. The Labute approximate surface area is 132 Å². The largest absolute Gasteiger partial charge is 0.497 e. The van der Waals surface area contributed by atoms with Crippen molar-refractivity contribution in [1.82, 2.24) is 0 Å². The minimum atomic E-state index is -0.362. The van der Waals surface area contributed by atoms with Crippen LogP contribution in [0.15, 0.2) is 24.8 Å². The highest BCUT2D eigenvalue weighted by atomic mass is 16.5. The SMILES string of the molecule is C#COC(=O)CCC(C)CCOc1ccc(OC)cc1C=C. The Kier molecular flexibility index (Phi) is 7.63. The van der Waals surface area contributed by atoms with Gasteiger partial charge in [-0.15, -0.1) is 0 Å². The van der Waals surface area contributed by atoms with Gasteiger partial charge in [-0.2, -0.15) is 0 Å². The molecule has 0 spiro atoms. The second kappa shape index (κ2) is 9.51. The van der Waals surface area contributed by atoms with E-state index in [1.165, 1.54) is 0 Å². The lowest BCUT2D eigenvalue weighted by molar-refractivity contribution is -0.137. The van der Waals surface area contributed by atoms with Crippen LogP contribution in [0.5, 0.6) is 11.5 Å². The third kappa shape index (κ3) is 5.92. The summed E-state index contributed by atoms with van der Waals surface area (Å²) in [6, 6.07) is 5.59. The summed E-state index contributed by atoms with van der Waals surface area (Å²) in [7, 11) is 1.62. The van der Waals surface area contributed by atoms with E-state index in [0.29, 0.717) is 18.9 Å². The number of benzene rings is 1. The predicted octanol–water partition coefficient (Wildman–Crippen LogP) is 3.66. The molecule has 1 aromatic carbocycles. The third-order valence-corrected chi connectivity index (χ3v) is 3.32. The van der Waals surface area contributed by atoms with Gasteiger partial charge in [0, 0.05) is 12.0 Å². The van der Waals surface area contributed by atoms with Crippen LogP contribution in [0.1, 0.15) is 31.7 Å². The molecule has 1 unspecified atom stereocenters. The molecule has 4 heteroatoms. The molecule has 0 radical (unpaired) electrons. The first-order valence-electron chi connectivity index (χ1n) is 7.19. The minimum Gasteiger partial charge on any atom is -0.497 e. The van der Waals surface area contributed by atoms with Gasteiger partial charge >= 0.3 is 5.97 Å². The van der Waals surface area contributed by atoms with Gasteiger partial charge in [-0.05, 0) is 37.0 Å². The lowest BCUT2D eigenvalue weighted by atomic mass is 10.0. The highest BCUT2D eigenvalue weighted by Gasteiger charge is 2.09. The number of hydrogen-bond acceptors (Lipinski definition) is 4. The van der Waals surface area contributed by atoms with Crippen LogP contribution in [0.2, 0.25) is 0 Å². The smallest absolute Gasteiger partial charge is 0.319 e. The normalized spacial score (nSPS) is 11.1. The van der Waals surface area contributed by atoms with Crippen LogP contribution >= 0.6 is 0 Å². The van der Waals surface area contributed by atoms with Gasteiger partial charge < -0.3 is 14.2 Å². The molecule has 0 N–H and O–H groups in total. The summed E-state index contributed by atoms with van der Waals surface area (Å²) in [5.41, 5.74) is 0.893. The number of esters is 1. The average molecular weight is 302 g/mol. The first-order valence-corrected chi connectivity index (χ1v) is 7.19. The molecule has 0 aliphatic heterocycles. The van der Waals surface area contributed by atoms with E-state index < -0.39 is 0 Å². The van der Waals surface area contributed by atoms with Gasteiger partial charge in [0.15, 0.2) is 0 Å². The van der Waals surface area contributed by atoms with E-state index in [4.69, 9.17) is 15.9 Å². The third-order valence-electron chi connectivity index (χ3n) is 3.32. The molecule has 0 heterocycles. The standard InChI is InChI=1S/C18H22O4/c1-5-15-13-16(20-4)8-9-17(15)22-12-11-14(3)7-10-18(19)21-6-2/h2,5,8-9,13-14H,1,7,10-12H2,3-4H3. The van der Waals surface area contributed by atoms with E-state index in [1.54, 1.807) is 13.2 Å². The molecule has 0 bridgehead atoms. The first kappa shape index (κ1) is 17.6. The Balaban J connectivity index is 2.39. The van der Waals surface area contributed by atoms with Crippen molar-refractivity contribution in [2.75, 3.05) is 13.7 Å². The molecule has 0 amide bonds. The van der Waals surface area contributed by atoms with E-state index >= 15 is 0 Å². The predicted molar refractivity (Wildman–Crippen MR) is 86.5 cm³/mol. The fourth-order valence-corrected chi connectivity index (χ4v) is 1.94. The Bertz CT molecular complexity index is 543. The summed E-state index contributed by atoms with van der Waals surface area (Å²) < 4.78 is 15.4. The summed E-state index contributed by atoms with van der Waals surface area (Å²) in [6.45, 7) is 6.41. The number of methoxy groups -OCH3 is 1. The van der Waals surface area contributed by atoms with Crippen LogP contribution in [0.25, 0.3) is 6.08 Å². The maximum atomic E-state index is 11.2. The number of ether oxygens (including phenoxy) is 3. The van der Waals surface area contributed by atoms with Crippen LogP contribution in [0, 0.1) is 18.4 Å². The zero-order valence-corrected chi connectivity index (χ0v) is 13.1. The van der Waals surface area contributed by atoms with Gasteiger partial charge in [-0.25, -0.2) is 0 Å². The topological polar surface area (TPSA) is 44.8 Å². The van der Waals surface area contributed by atoms with Crippen LogP contribution in [0.4, 0.5) is 0 Å². The van der Waals surface area contributed by atoms with E-state index in [-0.39, 0.29) is 5.97 Å². The van der Waals surface area contributed by atoms with Gasteiger partial charge in [-0.3, -0.25) is 4.79 Å².